The van der Waals surface area contributed by atoms with Crippen LogP contribution < -0.4 is 16.6 Å². The van der Waals surface area contributed by atoms with Gasteiger partial charge in [0.2, 0.25) is 0 Å². The number of rotatable bonds is 5. The van der Waals surface area contributed by atoms with Crippen LogP contribution in [-0.2, 0) is 13.1 Å². The lowest BCUT2D eigenvalue weighted by molar-refractivity contribution is 0.700. The number of aromatic nitrogens is 2. The van der Waals surface area contributed by atoms with Crippen LogP contribution >= 0.6 is 23.2 Å². The third-order valence-corrected chi connectivity index (χ3v) is 4.41. The van der Waals surface area contributed by atoms with Gasteiger partial charge in [0.25, 0.3) is 5.56 Å². The molecule has 1 heterocycles. The lowest BCUT2D eigenvalue weighted by atomic mass is 10.2. The van der Waals surface area contributed by atoms with E-state index in [9.17, 15) is 9.59 Å². The van der Waals surface area contributed by atoms with Crippen LogP contribution in [-0.4, -0.2) is 9.55 Å². The van der Waals surface area contributed by atoms with Gasteiger partial charge < -0.3 is 5.32 Å². The lowest BCUT2D eigenvalue weighted by Gasteiger charge is -2.09. The first-order chi connectivity index (χ1) is 12.0. The van der Waals surface area contributed by atoms with E-state index in [1.54, 1.807) is 12.1 Å². The molecule has 7 heteroatoms. The Morgan fingerprint density at radius 3 is 2.36 bits per heavy atom. The van der Waals surface area contributed by atoms with Gasteiger partial charge >= 0.3 is 5.69 Å². The Labute approximate surface area is 153 Å². The zero-order valence-corrected chi connectivity index (χ0v) is 14.6. The summed E-state index contributed by atoms with van der Waals surface area (Å²) in [5, 5.41) is 3.94. The Morgan fingerprint density at radius 2 is 1.68 bits per heavy atom. The lowest BCUT2D eigenvalue weighted by Crippen LogP contribution is -2.35. The Balaban J connectivity index is 1.76. The van der Waals surface area contributed by atoms with E-state index in [0.29, 0.717) is 22.4 Å². The molecule has 3 aromatic rings. The summed E-state index contributed by atoms with van der Waals surface area (Å²) in [6.45, 7) is 0.622. The maximum absolute atomic E-state index is 12.2. The van der Waals surface area contributed by atoms with Crippen molar-refractivity contribution in [2.45, 2.75) is 13.1 Å². The zero-order valence-electron chi connectivity index (χ0n) is 13.1. The van der Waals surface area contributed by atoms with E-state index in [1.165, 1.54) is 6.07 Å². The van der Waals surface area contributed by atoms with Gasteiger partial charge in [-0.25, -0.2) is 4.79 Å². The minimum Gasteiger partial charge on any atom is -0.367 e. The van der Waals surface area contributed by atoms with Gasteiger partial charge in [0.05, 0.1) is 16.6 Å². The average Bonchev–Trinajstić information content (AvgIpc) is 2.60. The molecule has 0 fully saturated rings. The second-order valence-corrected chi connectivity index (χ2v) is 6.31. The third kappa shape index (κ3) is 4.32. The summed E-state index contributed by atoms with van der Waals surface area (Å²) in [6.07, 6.45) is 0. The highest BCUT2D eigenvalue weighted by atomic mass is 35.5. The molecule has 0 spiro atoms. The number of H-pyrrole nitrogens is 1. The summed E-state index contributed by atoms with van der Waals surface area (Å²) >= 11 is 11.9. The summed E-state index contributed by atoms with van der Waals surface area (Å²) in [6, 6.07) is 15.9. The van der Waals surface area contributed by atoms with E-state index in [-0.39, 0.29) is 12.1 Å². The molecule has 128 valence electrons. The quantitative estimate of drug-likeness (QED) is 0.716. The third-order valence-electron chi connectivity index (χ3n) is 3.67. The summed E-state index contributed by atoms with van der Waals surface area (Å²) in [4.78, 5) is 27.1. The van der Waals surface area contributed by atoms with Crippen LogP contribution in [0.3, 0.4) is 0 Å². The predicted octanol–water partition coefficient (Wildman–Crippen LogP) is 3.50. The largest absolute Gasteiger partial charge is 0.367 e. The standard InChI is InChI=1S/C18H15Cl2N3O2/c19-14-7-6-13(8-15(14)20)10-21-16-9-17(24)23(18(25)22-16)11-12-4-2-1-3-5-12/h1-9,21H,10-11H2,(H,22,25). The van der Waals surface area contributed by atoms with Crippen LogP contribution in [0.15, 0.2) is 64.2 Å². The van der Waals surface area contributed by atoms with Gasteiger partial charge in [-0.15, -0.1) is 0 Å². The fraction of sp³-hybridized carbons (Fsp3) is 0.111. The fourth-order valence-electron chi connectivity index (χ4n) is 2.38. The maximum Gasteiger partial charge on any atom is 0.330 e. The van der Waals surface area contributed by atoms with Crippen molar-refractivity contribution in [3.05, 3.63) is 96.6 Å². The molecule has 0 aliphatic heterocycles. The Morgan fingerprint density at radius 1 is 0.920 bits per heavy atom. The van der Waals surface area contributed by atoms with Crippen LogP contribution in [0.4, 0.5) is 5.82 Å². The number of anilines is 1. The number of hydrogen-bond acceptors (Lipinski definition) is 3. The second-order valence-electron chi connectivity index (χ2n) is 5.50. The van der Waals surface area contributed by atoms with Crippen molar-refractivity contribution < 1.29 is 0 Å². The molecule has 2 N–H and O–H groups in total. The molecule has 0 bridgehead atoms. The predicted molar refractivity (Wildman–Crippen MR) is 101 cm³/mol. The highest BCUT2D eigenvalue weighted by Crippen LogP contribution is 2.22. The molecule has 0 aliphatic carbocycles. The van der Waals surface area contributed by atoms with E-state index in [1.807, 2.05) is 36.4 Å². The van der Waals surface area contributed by atoms with Crippen LogP contribution in [0, 0.1) is 0 Å². The van der Waals surface area contributed by atoms with Crippen molar-refractivity contribution in [1.82, 2.24) is 9.55 Å². The van der Waals surface area contributed by atoms with Gasteiger partial charge in [0, 0.05) is 12.6 Å². The first-order valence-corrected chi connectivity index (χ1v) is 8.34. The van der Waals surface area contributed by atoms with Gasteiger partial charge in [0.1, 0.15) is 5.82 Å². The zero-order chi connectivity index (χ0) is 17.8. The molecule has 0 unspecified atom stereocenters. The molecule has 0 aliphatic rings. The van der Waals surface area contributed by atoms with Crippen molar-refractivity contribution in [2.75, 3.05) is 5.32 Å². The molecule has 1 aromatic heterocycles. The van der Waals surface area contributed by atoms with Crippen molar-refractivity contribution in [3.63, 3.8) is 0 Å². The van der Waals surface area contributed by atoms with Crippen molar-refractivity contribution >= 4 is 29.0 Å². The summed E-state index contributed by atoms with van der Waals surface area (Å²) in [5.74, 6) is 0.352. The molecule has 0 amide bonds. The van der Waals surface area contributed by atoms with Gasteiger partial charge in [-0.05, 0) is 23.3 Å². The smallest absolute Gasteiger partial charge is 0.330 e. The summed E-state index contributed by atoms with van der Waals surface area (Å²) in [5.41, 5.74) is 0.924. The minimum absolute atomic E-state index is 0.224. The van der Waals surface area contributed by atoms with Crippen molar-refractivity contribution in [1.29, 1.82) is 0 Å². The van der Waals surface area contributed by atoms with E-state index >= 15 is 0 Å². The second kappa shape index (κ2) is 7.59. The molecular formula is C18H15Cl2N3O2. The van der Waals surface area contributed by atoms with Crippen LogP contribution in [0.1, 0.15) is 11.1 Å². The molecule has 0 radical (unpaired) electrons. The summed E-state index contributed by atoms with van der Waals surface area (Å²) in [7, 11) is 0. The maximum atomic E-state index is 12.2. The topological polar surface area (TPSA) is 66.9 Å². The molecule has 5 nitrogen and oxygen atoms in total. The van der Waals surface area contributed by atoms with Gasteiger partial charge in [-0.3, -0.25) is 14.3 Å². The van der Waals surface area contributed by atoms with E-state index in [4.69, 9.17) is 23.2 Å². The molecular weight excluding hydrogens is 361 g/mol. The van der Waals surface area contributed by atoms with Crippen LogP contribution in [0.5, 0.6) is 0 Å². The molecule has 0 atom stereocenters. The minimum atomic E-state index is -0.465. The number of halogens is 2. The normalized spacial score (nSPS) is 10.6. The van der Waals surface area contributed by atoms with Gasteiger partial charge in [-0.2, -0.15) is 0 Å². The molecule has 3 rings (SSSR count). The molecule has 0 saturated heterocycles. The number of nitrogens with zero attached hydrogens (tertiary/aromatic N) is 1. The first kappa shape index (κ1) is 17.3. The summed E-state index contributed by atoms with van der Waals surface area (Å²) < 4.78 is 1.15. The van der Waals surface area contributed by atoms with Crippen molar-refractivity contribution in [2.24, 2.45) is 0 Å². The Bertz CT molecular complexity index is 966. The van der Waals surface area contributed by atoms with Gasteiger partial charge in [-0.1, -0.05) is 59.6 Å². The molecule has 25 heavy (non-hydrogen) atoms. The first-order valence-electron chi connectivity index (χ1n) is 7.59. The Kier molecular flexibility index (Phi) is 5.26. The van der Waals surface area contributed by atoms with E-state index in [0.717, 1.165) is 15.7 Å². The van der Waals surface area contributed by atoms with Gasteiger partial charge in [0.15, 0.2) is 0 Å². The Hall–Kier alpha value is -2.50. The van der Waals surface area contributed by atoms with Crippen LogP contribution in [0.2, 0.25) is 10.0 Å². The van der Waals surface area contributed by atoms with Crippen LogP contribution in [0.25, 0.3) is 0 Å². The fourth-order valence-corrected chi connectivity index (χ4v) is 2.70. The van der Waals surface area contributed by atoms with E-state index in [2.05, 4.69) is 10.3 Å². The number of hydrogen-bond donors (Lipinski definition) is 2. The highest BCUT2D eigenvalue weighted by molar-refractivity contribution is 6.42. The SMILES string of the molecule is O=c1cc(NCc2ccc(Cl)c(Cl)c2)[nH]c(=O)n1Cc1ccccc1. The number of benzene rings is 2. The van der Waals surface area contributed by atoms with E-state index < -0.39 is 5.69 Å². The monoisotopic (exact) mass is 375 g/mol. The average molecular weight is 376 g/mol. The highest BCUT2D eigenvalue weighted by Gasteiger charge is 2.06. The molecule has 2 aromatic carbocycles. The number of nitrogens with one attached hydrogen (secondary N) is 2. The van der Waals surface area contributed by atoms with Crippen molar-refractivity contribution in [3.8, 4) is 0 Å². The molecule has 0 saturated carbocycles. The number of aromatic amines is 1.